The van der Waals surface area contributed by atoms with E-state index >= 15 is 0 Å². The van der Waals surface area contributed by atoms with E-state index in [0.29, 0.717) is 33.0 Å². The molecule has 4 rings (SSSR count). The highest BCUT2D eigenvalue weighted by Gasteiger charge is 2.54. The predicted molar refractivity (Wildman–Crippen MR) is 184 cm³/mol. The van der Waals surface area contributed by atoms with Crippen LogP contribution >= 0.6 is 15.9 Å². The minimum atomic E-state index is -2.63. The van der Waals surface area contributed by atoms with Crippen molar-refractivity contribution in [3.8, 4) is 34.5 Å². The van der Waals surface area contributed by atoms with Crippen molar-refractivity contribution < 1.29 is 47.7 Å². The molecule has 0 amide bonds. The molecule has 2 heterocycles. The van der Waals surface area contributed by atoms with Gasteiger partial charge in [-0.05, 0) is 57.2 Å². The number of methoxy groups -OCH3 is 3. The van der Waals surface area contributed by atoms with E-state index in [9.17, 15) is 10.2 Å². The van der Waals surface area contributed by atoms with Gasteiger partial charge in [0, 0.05) is 24.1 Å². The van der Waals surface area contributed by atoms with Gasteiger partial charge in [-0.25, -0.2) is 0 Å². The molecule has 2 aliphatic rings. The molecule has 0 radical (unpaired) electrons. The fourth-order valence-electron chi connectivity index (χ4n) is 7.53. The van der Waals surface area contributed by atoms with E-state index < -0.39 is 32.0 Å². The lowest BCUT2D eigenvalue weighted by Crippen LogP contribution is -2.54. The molecule has 13 heteroatoms. The number of phenols is 1. The highest BCUT2D eigenvalue weighted by Crippen LogP contribution is 2.55. The number of halogens is 1. The van der Waals surface area contributed by atoms with Crippen LogP contribution in [0, 0.1) is 5.92 Å². The maximum Gasteiger partial charge on any atom is 0.328 e. The first-order valence-electron chi connectivity index (χ1n) is 15.9. The average Bonchev–Trinajstić information content (AvgIpc) is 3.60. The Morgan fingerprint density at radius 1 is 1.00 bits per heavy atom. The SMILES string of the molecule is COCOc1c2c(cc3c1B(C)O[C@@H]3[C@H](C)[C@@](C)(O)[C@H](O[Si](C(C)C)(C(C)C)C(C)C)c1cc(OC)c(OC)c(O)c1Br)OCO2. The average molecular weight is 726 g/mol. The van der Waals surface area contributed by atoms with Gasteiger partial charge in [0.2, 0.25) is 26.6 Å². The molecule has 2 aromatic carbocycles. The number of hydrogen-bond donors (Lipinski definition) is 2. The van der Waals surface area contributed by atoms with Gasteiger partial charge in [-0.15, -0.1) is 0 Å². The fraction of sp³-hybridized carbons (Fsp3) is 0.636. The summed E-state index contributed by atoms with van der Waals surface area (Å²) >= 11 is 3.63. The van der Waals surface area contributed by atoms with Crippen LogP contribution in [0.25, 0.3) is 0 Å². The zero-order valence-electron chi connectivity index (χ0n) is 29.1. The lowest BCUT2D eigenvalue weighted by atomic mass is 9.63. The Kier molecular flexibility index (Phi) is 11.3. The number of rotatable bonds is 14. The van der Waals surface area contributed by atoms with Crippen molar-refractivity contribution in [1.29, 1.82) is 0 Å². The molecule has 0 saturated carbocycles. The Hall–Kier alpha value is -2.16. The van der Waals surface area contributed by atoms with Crippen LogP contribution in [-0.2, 0) is 13.8 Å². The van der Waals surface area contributed by atoms with Crippen molar-refractivity contribution >= 4 is 36.6 Å². The minimum Gasteiger partial charge on any atom is -0.503 e. The summed E-state index contributed by atoms with van der Waals surface area (Å²) in [6.07, 6.45) is -1.46. The van der Waals surface area contributed by atoms with Crippen LogP contribution in [0.4, 0.5) is 0 Å². The Balaban J connectivity index is 1.92. The van der Waals surface area contributed by atoms with Crippen molar-refractivity contribution in [1.82, 2.24) is 0 Å². The number of benzene rings is 2. The summed E-state index contributed by atoms with van der Waals surface area (Å²) in [6, 6.07) is 3.69. The molecule has 0 bridgehead atoms. The van der Waals surface area contributed by atoms with E-state index in [0.717, 1.165) is 11.0 Å². The molecule has 0 spiro atoms. The monoisotopic (exact) mass is 724 g/mol. The molecule has 0 fully saturated rings. The smallest absolute Gasteiger partial charge is 0.328 e. The van der Waals surface area contributed by atoms with Crippen LogP contribution in [0.15, 0.2) is 16.6 Å². The topological polar surface area (TPSA) is 114 Å². The molecule has 10 nitrogen and oxygen atoms in total. The third kappa shape index (κ3) is 6.11. The summed E-state index contributed by atoms with van der Waals surface area (Å²) in [5.41, 5.74) is 1.33. The van der Waals surface area contributed by atoms with Gasteiger partial charge in [-0.1, -0.05) is 55.3 Å². The Morgan fingerprint density at radius 2 is 1.63 bits per heavy atom. The summed E-state index contributed by atoms with van der Waals surface area (Å²) in [5.74, 6) is 1.42. The van der Waals surface area contributed by atoms with Gasteiger partial charge in [0.15, 0.2) is 29.8 Å². The second-order valence-corrected chi connectivity index (χ2v) is 19.6. The molecular formula is C33H50BBrO10Si. The molecule has 2 aliphatic heterocycles. The number of phenolic OH excluding ortho intramolecular Hbond substituents is 1. The van der Waals surface area contributed by atoms with E-state index in [-0.39, 0.29) is 48.6 Å². The van der Waals surface area contributed by atoms with E-state index in [4.69, 9.17) is 37.5 Å². The molecular weight excluding hydrogens is 675 g/mol. The minimum absolute atomic E-state index is 0.0238. The van der Waals surface area contributed by atoms with E-state index in [1.807, 2.05) is 19.8 Å². The number of ether oxygens (including phenoxy) is 6. The van der Waals surface area contributed by atoms with Gasteiger partial charge in [0.05, 0.1) is 30.4 Å². The summed E-state index contributed by atoms with van der Waals surface area (Å²) in [4.78, 5) is 0. The summed E-state index contributed by atoms with van der Waals surface area (Å²) in [7, 11) is 1.91. The maximum atomic E-state index is 12.9. The van der Waals surface area contributed by atoms with Crippen molar-refractivity contribution in [3.63, 3.8) is 0 Å². The molecule has 0 saturated heterocycles. The van der Waals surface area contributed by atoms with Crippen LogP contribution in [0.5, 0.6) is 34.5 Å². The van der Waals surface area contributed by atoms with Crippen molar-refractivity contribution in [3.05, 3.63) is 27.7 Å². The van der Waals surface area contributed by atoms with Crippen LogP contribution in [-0.4, -0.2) is 66.0 Å². The second kappa shape index (κ2) is 14.1. The standard InChI is InChI=1S/C33H50BBrO10Si/c1-17(2)46(18(3)4,19(5)6)45-32(22-14-23(39-11)29(40-12)27(36)26(22)35)33(8,37)20(7)28-21-13-24-30(43-16-41-24)31(42-15-38-10)25(21)34(9)44-28/h13-14,17-20,28,32,36-37H,15-16H2,1-12H3/t20-,28+,32+,33+/m0/s1. The highest BCUT2D eigenvalue weighted by atomic mass is 79.9. The van der Waals surface area contributed by atoms with Crippen molar-refractivity contribution in [2.24, 2.45) is 5.92 Å². The Bertz CT molecular complexity index is 1380. The summed E-state index contributed by atoms with van der Waals surface area (Å²) in [5, 5.41) is 24.2. The van der Waals surface area contributed by atoms with Gasteiger partial charge in [-0.2, -0.15) is 0 Å². The largest absolute Gasteiger partial charge is 0.503 e. The highest BCUT2D eigenvalue weighted by molar-refractivity contribution is 9.10. The summed E-state index contributed by atoms with van der Waals surface area (Å²) in [6.45, 7) is 18.6. The number of aromatic hydroxyl groups is 1. The number of fused-ring (bicyclic) bond motifs is 2. The summed E-state index contributed by atoms with van der Waals surface area (Å²) < 4.78 is 48.4. The molecule has 0 aliphatic carbocycles. The number of hydrogen-bond acceptors (Lipinski definition) is 10. The van der Waals surface area contributed by atoms with E-state index in [1.54, 1.807) is 20.1 Å². The first-order valence-corrected chi connectivity index (χ1v) is 18.8. The Morgan fingerprint density at radius 3 is 2.17 bits per heavy atom. The van der Waals surface area contributed by atoms with Crippen LogP contribution in [0.3, 0.4) is 0 Å². The zero-order valence-corrected chi connectivity index (χ0v) is 31.7. The van der Waals surface area contributed by atoms with Gasteiger partial charge in [0.1, 0.15) is 6.10 Å². The first-order chi connectivity index (χ1) is 21.6. The normalized spacial score (nSPS) is 18.6. The van der Waals surface area contributed by atoms with E-state index in [2.05, 4.69) is 57.5 Å². The molecule has 46 heavy (non-hydrogen) atoms. The molecule has 2 N–H and O–H groups in total. The molecule has 0 aromatic heterocycles. The lowest BCUT2D eigenvalue weighted by molar-refractivity contribution is -0.119. The number of aliphatic hydroxyl groups is 1. The van der Waals surface area contributed by atoms with E-state index in [1.165, 1.54) is 14.2 Å². The van der Waals surface area contributed by atoms with Gasteiger partial charge in [0.25, 0.3) is 0 Å². The van der Waals surface area contributed by atoms with Gasteiger partial charge < -0.3 is 47.7 Å². The van der Waals surface area contributed by atoms with Crippen molar-refractivity contribution in [2.75, 3.05) is 34.9 Å². The van der Waals surface area contributed by atoms with Crippen molar-refractivity contribution in [2.45, 2.75) is 96.6 Å². The predicted octanol–water partition coefficient (Wildman–Crippen LogP) is 7.10. The maximum absolute atomic E-state index is 12.9. The fourth-order valence-corrected chi connectivity index (χ4v) is 13.6. The quantitative estimate of drug-likeness (QED) is 0.154. The second-order valence-electron chi connectivity index (χ2n) is 13.4. The third-order valence-corrected chi connectivity index (χ3v) is 16.8. The van der Waals surface area contributed by atoms with Crippen LogP contribution in [0.2, 0.25) is 23.4 Å². The molecule has 256 valence electrons. The van der Waals surface area contributed by atoms with Crippen LogP contribution < -0.4 is 29.1 Å². The Labute approximate surface area is 283 Å². The van der Waals surface area contributed by atoms with Gasteiger partial charge >= 0.3 is 6.92 Å². The third-order valence-electron chi connectivity index (χ3n) is 9.90. The molecule has 2 aromatic rings. The molecule has 0 unspecified atom stereocenters. The zero-order chi connectivity index (χ0) is 34.3. The lowest BCUT2D eigenvalue weighted by Gasteiger charge is -2.50. The van der Waals surface area contributed by atoms with Crippen LogP contribution in [0.1, 0.15) is 78.7 Å². The first kappa shape index (κ1) is 36.7. The van der Waals surface area contributed by atoms with Gasteiger partial charge in [-0.3, -0.25) is 0 Å². The molecule has 4 atom stereocenters.